The SMILES string of the molecule is Cc1ccc(F)c(CNc2ccccc2-n2cncn2)c1. The smallest absolute Gasteiger partial charge is 0.138 e. The molecule has 1 N–H and O–H groups in total. The normalized spacial score (nSPS) is 10.6. The van der Waals surface area contributed by atoms with Crippen molar-refractivity contribution in [2.45, 2.75) is 13.5 Å². The zero-order valence-corrected chi connectivity index (χ0v) is 11.6. The molecule has 106 valence electrons. The molecule has 4 nitrogen and oxygen atoms in total. The van der Waals surface area contributed by atoms with Crippen LogP contribution in [0.1, 0.15) is 11.1 Å². The second kappa shape index (κ2) is 5.75. The van der Waals surface area contributed by atoms with Gasteiger partial charge in [-0.15, -0.1) is 0 Å². The van der Waals surface area contributed by atoms with Crippen LogP contribution in [-0.4, -0.2) is 14.8 Å². The van der Waals surface area contributed by atoms with E-state index in [-0.39, 0.29) is 5.82 Å². The Balaban J connectivity index is 1.84. The number of hydrogen-bond donors (Lipinski definition) is 1. The Morgan fingerprint density at radius 1 is 1.19 bits per heavy atom. The summed E-state index contributed by atoms with van der Waals surface area (Å²) in [4.78, 5) is 3.95. The molecular formula is C16H15FN4. The van der Waals surface area contributed by atoms with Gasteiger partial charge in [0.2, 0.25) is 0 Å². The summed E-state index contributed by atoms with van der Waals surface area (Å²) in [6, 6.07) is 12.8. The van der Waals surface area contributed by atoms with Gasteiger partial charge in [-0.05, 0) is 25.1 Å². The van der Waals surface area contributed by atoms with Crippen LogP contribution in [-0.2, 0) is 6.54 Å². The Bertz CT molecular complexity index is 738. The second-order valence-electron chi connectivity index (χ2n) is 4.81. The van der Waals surface area contributed by atoms with Crippen LogP contribution < -0.4 is 5.32 Å². The first-order valence-corrected chi connectivity index (χ1v) is 6.67. The summed E-state index contributed by atoms with van der Waals surface area (Å²) < 4.78 is 15.5. The van der Waals surface area contributed by atoms with Crippen LogP contribution in [0.15, 0.2) is 55.1 Å². The molecule has 0 bridgehead atoms. The molecule has 0 aliphatic heterocycles. The molecule has 0 amide bonds. The number of hydrogen-bond acceptors (Lipinski definition) is 3. The molecule has 0 atom stereocenters. The lowest BCUT2D eigenvalue weighted by Crippen LogP contribution is -2.06. The Morgan fingerprint density at radius 2 is 2.05 bits per heavy atom. The van der Waals surface area contributed by atoms with Crippen molar-refractivity contribution in [3.05, 3.63) is 72.1 Å². The lowest BCUT2D eigenvalue weighted by molar-refractivity contribution is 0.612. The largest absolute Gasteiger partial charge is 0.379 e. The highest BCUT2D eigenvalue weighted by molar-refractivity contribution is 5.60. The van der Waals surface area contributed by atoms with E-state index in [1.54, 1.807) is 17.1 Å². The fourth-order valence-corrected chi connectivity index (χ4v) is 2.18. The van der Waals surface area contributed by atoms with E-state index >= 15 is 0 Å². The van der Waals surface area contributed by atoms with Crippen molar-refractivity contribution in [2.24, 2.45) is 0 Å². The van der Waals surface area contributed by atoms with Gasteiger partial charge in [0.1, 0.15) is 18.5 Å². The maximum atomic E-state index is 13.8. The fourth-order valence-electron chi connectivity index (χ4n) is 2.18. The molecule has 0 saturated heterocycles. The number of benzene rings is 2. The van der Waals surface area contributed by atoms with Gasteiger partial charge >= 0.3 is 0 Å². The number of aromatic nitrogens is 3. The molecule has 1 aromatic heterocycles. The third kappa shape index (κ3) is 2.91. The van der Waals surface area contributed by atoms with E-state index in [0.29, 0.717) is 12.1 Å². The number of anilines is 1. The highest BCUT2D eigenvalue weighted by atomic mass is 19.1. The van der Waals surface area contributed by atoms with Crippen LogP contribution in [0.25, 0.3) is 5.69 Å². The standard InChI is InChI=1S/C16H15FN4/c1-12-6-7-14(17)13(8-12)9-19-15-4-2-3-5-16(15)21-11-18-10-20-21/h2-8,10-11,19H,9H2,1H3. The molecule has 3 aromatic rings. The number of nitrogens with zero attached hydrogens (tertiary/aromatic N) is 3. The summed E-state index contributed by atoms with van der Waals surface area (Å²) in [5.41, 5.74) is 3.44. The second-order valence-corrected chi connectivity index (χ2v) is 4.81. The molecule has 0 spiro atoms. The van der Waals surface area contributed by atoms with Crippen molar-refractivity contribution in [3.8, 4) is 5.69 Å². The Labute approximate surface area is 122 Å². The molecule has 0 aliphatic carbocycles. The van der Waals surface area contributed by atoms with Gasteiger partial charge < -0.3 is 5.32 Å². The third-order valence-corrected chi connectivity index (χ3v) is 3.24. The summed E-state index contributed by atoms with van der Waals surface area (Å²) in [6.45, 7) is 2.37. The number of rotatable bonds is 4. The molecule has 0 aliphatic rings. The number of halogens is 1. The minimum atomic E-state index is -0.202. The van der Waals surface area contributed by atoms with Gasteiger partial charge in [0.25, 0.3) is 0 Å². The quantitative estimate of drug-likeness (QED) is 0.798. The first kappa shape index (κ1) is 13.3. The van der Waals surface area contributed by atoms with Crippen molar-refractivity contribution >= 4 is 5.69 Å². The van der Waals surface area contributed by atoms with Crippen LogP contribution in [0.4, 0.5) is 10.1 Å². The Morgan fingerprint density at radius 3 is 2.86 bits per heavy atom. The highest BCUT2D eigenvalue weighted by Gasteiger charge is 2.06. The summed E-state index contributed by atoms with van der Waals surface area (Å²) >= 11 is 0. The van der Waals surface area contributed by atoms with Gasteiger partial charge in [-0.3, -0.25) is 0 Å². The number of aryl methyl sites for hydroxylation is 1. The fraction of sp³-hybridized carbons (Fsp3) is 0.125. The van der Waals surface area contributed by atoms with Crippen molar-refractivity contribution in [2.75, 3.05) is 5.32 Å². The molecular weight excluding hydrogens is 267 g/mol. The van der Waals surface area contributed by atoms with Gasteiger partial charge in [0.05, 0.1) is 11.4 Å². The summed E-state index contributed by atoms with van der Waals surface area (Å²) in [5, 5.41) is 7.38. The minimum absolute atomic E-state index is 0.202. The van der Waals surface area contributed by atoms with Crippen LogP contribution in [0.3, 0.4) is 0 Å². The van der Waals surface area contributed by atoms with E-state index < -0.39 is 0 Å². The lowest BCUT2D eigenvalue weighted by atomic mass is 10.1. The van der Waals surface area contributed by atoms with E-state index in [2.05, 4.69) is 15.4 Å². The minimum Gasteiger partial charge on any atom is -0.379 e. The maximum absolute atomic E-state index is 13.8. The molecule has 21 heavy (non-hydrogen) atoms. The van der Waals surface area contributed by atoms with Crippen molar-refractivity contribution in [3.63, 3.8) is 0 Å². The topological polar surface area (TPSA) is 42.7 Å². The molecule has 5 heteroatoms. The predicted octanol–water partition coefficient (Wildman–Crippen LogP) is 3.33. The summed E-state index contributed by atoms with van der Waals surface area (Å²) in [6.07, 6.45) is 3.12. The number of para-hydroxylation sites is 2. The molecule has 0 radical (unpaired) electrons. The number of nitrogens with one attached hydrogen (secondary N) is 1. The molecule has 2 aromatic carbocycles. The molecule has 0 fully saturated rings. The van der Waals surface area contributed by atoms with E-state index in [1.807, 2.05) is 37.3 Å². The average molecular weight is 282 g/mol. The van der Waals surface area contributed by atoms with E-state index in [9.17, 15) is 4.39 Å². The van der Waals surface area contributed by atoms with Crippen LogP contribution in [0, 0.1) is 12.7 Å². The van der Waals surface area contributed by atoms with Crippen LogP contribution >= 0.6 is 0 Å². The van der Waals surface area contributed by atoms with Gasteiger partial charge in [-0.1, -0.05) is 29.8 Å². The van der Waals surface area contributed by atoms with Crippen molar-refractivity contribution in [1.82, 2.24) is 14.8 Å². The highest BCUT2D eigenvalue weighted by Crippen LogP contribution is 2.20. The zero-order valence-electron chi connectivity index (χ0n) is 11.6. The summed E-state index contributed by atoms with van der Waals surface area (Å²) in [5.74, 6) is -0.202. The van der Waals surface area contributed by atoms with Crippen molar-refractivity contribution < 1.29 is 4.39 Å². The van der Waals surface area contributed by atoms with Crippen LogP contribution in [0.2, 0.25) is 0 Å². The average Bonchev–Trinajstić information content (AvgIpc) is 3.03. The molecule has 0 unspecified atom stereocenters. The monoisotopic (exact) mass is 282 g/mol. The van der Waals surface area contributed by atoms with Gasteiger partial charge in [0.15, 0.2) is 0 Å². The third-order valence-electron chi connectivity index (χ3n) is 3.24. The molecule has 3 rings (SSSR count). The van der Waals surface area contributed by atoms with Crippen molar-refractivity contribution in [1.29, 1.82) is 0 Å². The molecule has 1 heterocycles. The van der Waals surface area contributed by atoms with Gasteiger partial charge in [-0.2, -0.15) is 5.10 Å². The maximum Gasteiger partial charge on any atom is 0.138 e. The van der Waals surface area contributed by atoms with E-state index in [0.717, 1.165) is 16.9 Å². The Hall–Kier alpha value is -2.69. The summed E-state index contributed by atoms with van der Waals surface area (Å²) in [7, 11) is 0. The predicted molar refractivity (Wildman–Crippen MR) is 79.8 cm³/mol. The van der Waals surface area contributed by atoms with E-state index in [4.69, 9.17) is 0 Å². The first-order chi connectivity index (χ1) is 10.2. The Kier molecular flexibility index (Phi) is 3.64. The lowest BCUT2D eigenvalue weighted by Gasteiger charge is -2.12. The van der Waals surface area contributed by atoms with E-state index in [1.165, 1.54) is 12.4 Å². The zero-order chi connectivity index (χ0) is 14.7. The van der Waals surface area contributed by atoms with Crippen LogP contribution in [0.5, 0.6) is 0 Å². The molecule has 0 saturated carbocycles. The van der Waals surface area contributed by atoms with Gasteiger partial charge in [-0.25, -0.2) is 14.1 Å². The van der Waals surface area contributed by atoms with Gasteiger partial charge in [0, 0.05) is 12.1 Å². The first-order valence-electron chi connectivity index (χ1n) is 6.67.